The quantitative estimate of drug-likeness (QED) is 0.0529. The average molecular weight is 740 g/mol. The minimum absolute atomic E-state index is 0.0936. The van der Waals surface area contributed by atoms with Crippen LogP contribution in [0.1, 0.15) is 0 Å². The van der Waals surface area contributed by atoms with E-state index in [1.54, 1.807) is 24.3 Å². The number of hydrogen-bond donors (Lipinski definition) is 7. The van der Waals surface area contributed by atoms with Crippen molar-refractivity contribution < 1.29 is 54.2 Å². The van der Waals surface area contributed by atoms with E-state index in [9.17, 15) is 54.2 Å². The normalized spacial score (nSPS) is 12.9. The molecule has 20 heteroatoms. The van der Waals surface area contributed by atoms with Crippen LogP contribution < -0.4 is 5.73 Å². The van der Waals surface area contributed by atoms with E-state index >= 15 is 0 Å². The molecule has 0 heterocycles. The van der Waals surface area contributed by atoms with Crippen LogP contribution in [0.4, 0.5) is 28.4 Å². The van der Waals surface area contributed by atoms with Gasteiger partial charge in [-0.2, -0.15) is 25.3 Å². The number of rotatable bonds is 7. The Hall–Kier alpha value is -5.77. The number of phenols is 3. The molecule has 0 aliphatic rings. The third kappa shape index (κ3) is 6.13. The number of fused-ring (bicyclic) bond motifs is 3. The highest BCUT2D eigenvalue weighted by Gasteiger charge is 2.26. The first-order valence-corrected chi connectivity index (χ1v) is 18.0. The van der Waals surface area contributed by atoms with Crippen molar-refractivity contribution in [2.45, 2.75) is 14.7 Å². The van der Waals surface area contributed by atoms with Crippen LogP contribution in [0.2, 0.25) is 0 Å². The largest absolute Gasteiger partial charge is 0.507 e. The molecular weight excluding hydrogens is 719 g/mol. The highest BCUT2D eigenvalue weighted by atomic mass is 32.2. The molecule has 0 radical (unpaired) electrons. The molecule has 17 nitrogen and oxygen atoms in total. The topological polar surface area (TPSA) is 299 Å². The van der Waals surface area contributed by atoms with Gasteiger partial charge in [-0.1, -0.05) is 24.3 Å². The molecule has 0 aromatic heterocycles. The number of aromatic hydroxyl groups is 3. The van der Waals surface area contributed by atoms with E-state index in [1.165, 1.54) is 24.3 Å². The lowest BCUT2D eigenvalue weighted by atomic mass is 10.0. The number of nitrogen functional groups attached to an aromatic ring is 1. The number of azo groups is 2. The summed E-state index contributed by atoms with van der Waals surface area (Å²) in [4.78, 5) is -2.66. The van der Waals surface area contributed by atoms with Gasteiger partial charge in [-0.3, -0.25) is 13.7 Å². The zero-order valence-electron chi connectivity index (χ0n) is 24.7. The van der Waals surface area contributed by atoms with Crippen molar-refractivity contribution in [3.63, 3.8) is 0 Å². The van der Waals surface area contributed by atoms with E-state index in [4.69, 9.17) is 5.73 Å². The first-order chi connectivity index (χ1) is 23.4. The van der Waals surface area contributed by atoms with Crippen molar-refractivity contribution in [3.8, 4) is 17.2 Å². The van der Waals surface area contributed by atoms with Gasteiger partial charge in [0.1, 0.15) is 27.0 Å². The van der Waals surface area contributed by atoms with Crippen LogP contribution in [-0.2, 0) is 30.4 Å². The fraction of sp³-hybridized carbons (Fsp3) is 0. The minimum Gasteiger partial charge on any atom is -0.507 e. The van der Waals surface area contributed by atoms with Gasteiger partial charge in [-0.25, -0.2) is 0 Å². The van der Waals surface area contributed by atoms with Crippen LogP contribution in [0.5, 0.6) is 17.2 Å². The van der Waals surface area contributed by atoms with Crippen LogP contribution in [-0.4, -0.2) is 54.2 Å². The Morgan fingerprint density at radius 2 is 1.12 bits per heavy atom. The molecule has 0 atom stereocenters. The Labute approximate surface area is 281 Å². The maximum atomic E-state index is 12.6. The number of nitrogens with zero attached hydrogens (tertiary/aromatic N) is 4. The standard InChI is InChI=1S/C30H21N5O12S3/c31-18-7-8-19(32-33-21-9-10-24(49(42,43)44)17-11-15(48(39,40)41)12-23(37)28(17)21)16-13-25(50(45,46)47)29(30(38)27(16)18)35-34-20-5-1-3-14-4-2-6-22(36)26(14)20/h1-13,36-38H,31H2,(H,39,40,41)(H,42,43,44)(H,45,46,47). The molecule has 8 N–H and O–H groups in total. The first-order valence-electron chi connectivity index (χ1n) is 13.7. The molecule has 0 fully saturated rings. The molecule has 0 bridgehead atoms. The first kappa shape index (κ1) is 34.1. The van der Waals surface area contributed by atoms with Crippen LogP contribution in [0.3, 0.4) is 0 Å². The molecule has 0 saturated heterocycles. The van der Waals surface area contributed by atoms with Crippen molar-refractivity contribution in [2.24, 2.45) is 20.5 Å². The van der Waals surface area contributed by atoms with Gasteiger partial charge in [-0.15, -0.1) is 20.5 Å². The molecule has 6 aromatic carbocycles. The van der Waals surface area contributed by atoms with Gasteiger partial charge >= 0.3 is 0 Å². The summed E-state index contributed by atoms with van der Waals surface area (Å²) in [6, 6.07) is 16.0. The zero-order chi connectivity index (χ0) is 36.3. The summed E-state index contributed by atoms with van der Waals surface area (Å²) in [7, 11) is -15.1. The lowest BCUT2D eigenvalue weighted by molar-refractivity contribution is 0.470. The monoisotopic (exact) mass is 739 g/mol. The van der Waals surface area contributed by atoms with Gasteiger partial charge < -0.3 is 21.1 Å². The highest BCUT2D eigenvalue weighted by Crippen LogP contribution is 2.47. The fourth-order valence-corrected chi connectivity index (χ4v) is 7.15. The van der Waals surface area contributed by atoms with Crippen LogP contribution in [0, 0.1) is 0 Å². The smallest absolute Gasteiger partial charge is 0.296 e. The highest BCUT2D eigenvalue weighted by molar-refractivity contribution is 7.86. The predicted octanol–water partition coefficient (Wildman–Crippen LogP) is 6.42. The maximum absolute atomic E-state index is 12.6. The van der Waals surface area contributed by atoms with E-state index in [1.807, 2.05) is 0 Å². The lowest BCUT2D eigenvalue weighted by Gasteiger charge is -2.12. The Morgan fingerprint density at radius 1 is 0.520 bits per heavy atom. The van der Waals surface area contributed by atoms with E-state index in [0.29, 0.717) is 17.5 Å². The van der Waals surface area contributed by atoms with E-state index in [2.05, 4.69) is 20.5 Å². The number of hydrogen-bond acceptors (Lipinski definition) is 14. The number of phenolic OH excluding ortho intramolecular Hbond substituents is 3. The SMILES string of the molecule is Nc1ccc(N=Nc2ccc(S(=O)(=O)O)c3cc(S(=O)(=O)O)cc(O)c23)c2cc(S(=O)(=O)O)c(N=Nc3cccc4cccc(O)c34)c(O)c12. The van der Waals surface area contributed by atoms with Gasteiger partial charge in [0.25, 0.3) is 30.4 Å². The minimum atomic E-state index is -5.13. The van der Waals surface area contributed by atoms with Crippen LogP contribution in [0.25, 0.3) is 32.3 Å². The van der Waals surface area contributed by atoms with E-state index in [0.717, 1.165) is 18.2 Å². The van der Waals surface area contributed by atoms with Crippen molar-refractivity contribution in [1.29, 1.82) is 0 Å². The Bertz CT molecular complexity index is 2840. The van der Waals surface area contributed by atoms with Gasteiger partial charge in [0.2, 0.25) is 0 Å². The summed E-state index contributed by atoms with van der Waals surface area (Å²) in [5.74, 6) is -1.87. The van der Waals surface area contributed by atoms with E-state index in [-0.39, 0.29) is 44.7 Å². The van der Waals surface area contributed by atoms with Crippen molar-refractivity contribution in [3.05, 3.63) is 78.9 Å². The molecule has 0 amide bonds. The third-order valence-corrected chi connectivity index (χ3v) is 10.1. The molecule has 6 rings (SSSR count). The lowest BCUT2D eigenvalue weighted by Crippen LogP contribution is -2.02. The third-order valence-electron chi connectivity index (χ3n) is 7.47. The summed E-state index contributed by atoms with van der Waals surface area (Å²) in [6.07, 6.45) is 0. The maximum Gasteiger partial charge on any atom is 0.296 e. The molecule has 50 heavy (non-hydrogen) atoms. The average Bonchev–Trinajstić information content (AvgIpc) is 3.02. The van der Waals surface area contributed by atoms with E-state index < -0.39 is 73.0 Å². The molecule has 0 aliphatic carbocycles. The van der Waals surface area contributed by atoms with Crippen molar-refractivity contribution in [2.75, 3.05) is 5.73 Å². The molecule has 0 unspecified atom stereocenters. The van der Waals surface area contributed by atoms with Gasteiger partial charge in [-0.05, 0) is 53.9 Å². The second-order valence-electron chi connectivity index (χ2n) is 10.6. The zero-order valence-corrected chi connectivity index (χ0v) is 27.2. The van der Waals surface area contributed by atoms with Gasteiger partial charge in [0, 0.05) is 22.5 Å². The molecule has 256 valence electrons. The second-order valence-corrected chi connectivity index (χ2v) is 14.8. The molecule has 0 spiro atoms. The molecule has 0 aliphatic heterocycles. The predicted molar refractivity (Wildman–Crippen MR) is 179 cm³/mol. The summed E-state index contributed by atoms with van der Waals surface area (Å²) in [6.45, 7) is 0. The summed E-state index contributed by atoms with van der Waals surface area (Å²) in [5.41, 5.74) is 4.94. The molecular formula is C30H21N5O12S3. The summed E-state index contributed by atoms with van der Waals surface area (Å²) >= 11 is 0. The molecule has 0 saturated carbocycles. The number of anilines is 1. The second kappa shape index (κ2) is 12.0. The summed E-state index contributed by atoms with van der Waals surface area (Å²) < 4.78 is 102. The van der Waals surface area contributed by atoms with Gasteiger partial charge in [0.05, 0.1) is 38.1 Å². The number of nitrogens with two attached hydrogens (primary N) is 1. The molecule has 6 aromatic rings. The summed E-state index contributed by atoms with van der Waals surface area (Å²) in [5, 5.41) is 47.8. The number of benzene rings is 6. The van der Waals surface area contributed by atoms with Crippen molar-refractivity contribution >= 4 is 91.1 Å². The van der Waals surface area contributed by atoms with Gasteiger partial charge in [0.15, 0.2) is 5.75 Å². The Morgan fingerprint density at radius 3 is 1.78 bits per heavy atom. The Balaban J connectivity index is 1.56. The Kier molecular flexibility index (Phi) is 8.17. The van der Waals surface area contributed by atoms with Crippen LogP contribution >= 0.6 is 0 Å². The van der Waals surface area contributed by atoms with Crippen molar-refractivity contribution in [1.82, 2.24) is 0 Å². The van der Waals surface area contributed by atoms with Crippen LogP contribution in [0.15, 0.2) is 114 Å². The fourth-order valence-electron chi connectivity index (χ4n) is 5.30.